The summed E-state index contributed by atoms with van der Waals surface area (Å²) < 4.78 is 25.3. The molecule has 7 aliphatic rings. The first-order valence-corrected chi connectivity index (χ1v) is 20.4. The molecule has 8 atom stereocenters. The van der Waals surface area contributed by atoms with Crippen molar-refractivity contribution in [2.75, 3.05) is 6.54 Å². The number of ketones is 1. The van der Waals surface area contributed by atoms with E-state index in [1.54, 1.807) is 25.7 Å². The number of carbonyl (C=O) groups is 4. The number of alkyl carbamates (subject to hydrolysis) is 1. The predicted molar refractivity (Wildman–Crippen MR) is 204 cm³/mol. The minimum atomic E-state index is -0.961. The standard InChI is InChI=1S/C42H60BN3O8/c1-40(2,3)52-38(49)44-33-19-13-11-9-7-8-10-12-18-30(43-53-36-32-20-29(41(32,4)5)23-42(36,6)54-43)21-35(47)34-22-31(26-46(34)37(33)48)51-39(50)45-24-27-16-14-15-17-28(27)25-45/h11,13-17,29-34,36H,7-10,12,18-26H2,1-6H3,(H,44,49)/b13-11+/t29-,30-,31-,32+,33+,34+,36-,42+/m1/s1. The van der Waals surface area contributed by atoms with Gasteiger partial charge in [-0.15, -0.1) is 0 Å². The van der Waals surface area contributed by atoms with Crippen molar-refractivity contribution in [2.24, 2.45) is 17.3 Å². The van der Waals surface area contributed by atoms with Crippen molar-refractivity contribution in [1.82, 2.24) is 15.1 Å². The maximum Gasteiger partial charge on any atom is 0.461 e. The SMILES string of the molecule is CC(C)(C)OC(=O)N[C@H]1C/C=C/CCCCCC[C@@H](B2O[C@@H]3[C@@H]4C[C@H](C[C@]3(C)O2)C4(C)C)CC(=O)[C@@H]2C[C@@H](OC(=O)N3Cc4ccccc4C3)CN2C1=O. The quantitative estimate of drug-likeness (QED) is 0.252. The lowest BCUT2D eigenvalue weighted by atomic mass is 9.45. The molecule has 11 nitrogen and oxygen atoms in total. The number of allylic oxidation sites excluding steroid dienone is 1. The Labute approximate surface area is 321 Å². The zero-order valence-corrected chi connectivity index (χ0v) is 33.1. The van der Waals surface area contributed by atoms with Gasteiger partial charge in [-0.2, -0.15) is 0 Å². The van der Waals surface area contributed by atoms with Gasteiger partial charge in [-0.05, 0) is 88.2 Å². The van der Waals surface area contributed by atoms with E-state index < -0.39 is 49.0 Å². The van der Waals surface area contributed by atoms with E-state index in [4.69, 9.17) is 18.8 Å². The fourth-order valence-electron chi connectivity index (χ4n) is 10.0. The molecule has 5 fully saturated rings. The summed E-state index contributed by atoms with van der Waals surface area (Å²) in [6, 6.07) is 6.13. The molecule has 0 aromatic heterocycles. The third-order valence-corrected chi connectivity index (χ3v) is 13.2. The number of ether oxygens (including phenoxy) is 2. The number of hydrogen-bond donors (Lipinski definition) is 1. The van der Waals surface area contributed by atoms with Gasteiger partial charge in [-0.3, -0.25) is 14.5 Å². The molecule has 3 aliphatic carbocycles. The Kier molecular flexibility index (Phi) is 11.0. The molecule has 1 aromatic rings. The second-order valence-corrected chi connectivity index (χ2v) is 18.6. The molecular weight excluding hydrogens is 685 g/mol. The molecule has 3 saturated carbocycles. The summed E-state index contributed by atoms with van der Waals surface area (Å²) in [6.45, 7) is 13.1. The fourth-order valence-corrected chi connectivity index (χ4v) is 10.0. The second-order valence-electron chi connectivity index (χ2n) is 18.6. The molecule has 54 heavy (non-hydrogen) atoms. The Balaban J connectivity index is 1.12. The maximum atomic E-state index is 14.6. The molecule has 2 saturated heterocycles. The van der Waals surface area contributed by atoms with Crippen molar-refractivity contribution in [3.05, 3.63) is 47.5 Å². The summed E-state index contributed by atoms with van der Waals surface area (Å²) in [6.07, 6.45) is 10.6. The molecule has 294 valence electrons. The molecule has 4 aliphatic heterocycles. The van der Waals surface area contributed by atoms with Gasteiger partial charge in [0.25, 0.3) is 0 Å². The molecule has 0 radical (unpaired) electrons. The summed E-state index contributed by atoms with van der Waals surface area (Å²) in [5.74, 6) is 0.362. The number of nitrogens with zero attached hydrogens (tertiary/aromatic N) is 2. The number of benzene rings is 1. The molecule has 12 heteroatoms. The Bertz CT molecular complexity index is 1600. The van der Waals surface area contributed by atoms with Crippen LogP contribution >= 0.6 is 0 Å². The molecule has 2 bridgehead atoms. The van der Waals surface area contributed by atoms with Crippen molar-refractivity contribution >= 4 is 31.0 Å². The lowest BCUT2D eigenvalue weighted by Crippen LogP contribution is -2.63. The van der Waals surface area contributed by atoms with Crippen LogP contribution in [0.4, 0.5) is 9.59 Å². The van der Waals surface area contributed by atoms with Gasteiger partial charge in [-0.1, -0.05) is 75.9 Å². The molecule has 0 unspecified atom stereocenters. The van der Waals surface area contributed by atoms with Crippen LogP contribution < -0.4 is 5.32 Å². The first-order valence-electron chi connectivity index (χ1n) is 20.4. The van der Waals surface area contributed by atoms with Gasteiger partial charge >= 0.3 is 19.3 Å². The summed E-state index contributed by atoms with van der Waals surface area (Å²) in [5, 5.41) is 2.80. The predicted octanol–water partition coefficient (Wildman–Crippen LogP) is 7.36. The van der Waals surface area contributed by atoms with Crippen LogP contribution in [0.15, 0.2) is 36.4 Å². The number of fused-ring (bicyclic) bond motifs is 2. The number of nitrogens with one attached hydrogen (secondary N) is 1. The molecule has 4 heterocycles. The third kappa shape index (κ3) is 8.11. The number of hydrogen-bond acceptors (Lipinski definition) is 8. The third-order valence-electron chi connectivity index (χ3n) is 13.2. The lowest BCUT2D eigenvalue weighted by molar-refractivity contribution is -0.185. The molecule has 1 N–H and O–H groups in total. The fraction of sp³-hybridized carbons (Fsp3) is 0.714. The van der Waals surface area contributed by atoms with E-state index in [0.29, 0.717) is 24.9 Å². The van der Waals surface area contributed by atoms with Gasteiger partial charge in [0.2, 0.25) is 5.91 Å². The van der Waals surface area contributed by atoms with Crippen LogP contribution in [0.2, 0.25) is 5.82 Å². The van der Waals surface area contributed by atoms with Crippen molar-refractivity contribution < 1.29 is 38.0 Å². The van der Waals surface area contributed by atoms with Gasteiger partial charge in [-0.25, -0.2) is 9.59 Å². The van der Waals surface area contributed by atoms with Gasteiger partial charge < -0.3 is 29.0 Å². The zero-order chi connectivity index (χ0) is 38.4. The minimum Gasteiger partial charge on any atom is -0.444 e. The topological polar surface area (TPSA) is 124 Å². The normalized spacial score (nSPS) is 34.7. The van der Waals surface area contributed by atoms with E-state index >= 15 is 0 Å². The van der Waals surface area contributed by atoms with Gasteiger partial charge in [0.15, 0.2) is 5.78 Å². The monoisotopic (exact) mass is 745 g/mol. The first kappa shape index (κ1) is 38.9. The van der Waals surface area contributed by atoms with E-state index in [0.717, 1.165) is 62.5 Å². The molecule has 3 amide bonds. The number of rotatable bonds is 3. The van der Waals surface area contributed by atoms with Gasteiger partial charge in [0.1, 0.15) is 17.7 Å². The summed E-state index contributed by atoms with van der Waals surface area (Å²) in [4.78, 5) is 58.9. The van der Waals surface area contributed by atoms with Crippen molar-refractivity contribution in [3.63, 3.8) is 0 Å². The summed E-state index contributed by atoms with van der Waals surface area (Å²) in [5.41, 5.74) is 1.24. The van der Waals surface area contributed by atoms with E-state index in [1.165, 1.54) is 4.90 Å². The van der Waals surface area contributed by atoms with E-state index in [9.17, 15) is 19.2 Å². The Morgan fingerprint density at radius 3 is 2.41 bits per heavy atom. The highest BCUT2D eigenvalue weighted by molar-refractivity contribution is 6.47. The Hall–Kier alpha value is -3.38. The van der Waals surface area contributed by atoms with Crippen LogP contribution in [0.3, 0.4) is 0 Å². The smallest absolute Gasteiger partial charge is 0.444 e. The molecule has 0 spiro atoms. The molecule has 1 aromatic carbocycles. The molecule has 8 rings (SSSR count). The first-order chi connectivity index (χ1) is 25.6. The number of carbonyl (C=O) groups excluding carboxylic acids is 4. The van der Waals surface area contributed by atoms with E-state index in [-0.39, 0.29) is 54.5 Å². The van der Waals surface area contributed by atoms with E-state index in [1.807, 2.05) is 30.3 Å². The number of amides is 3. The van der Waals surface area contributed by atoms with Crippen molar-refractivity contribution in [3.8, 4) is 0 Å². The molecular formula is C42H60BN3O8. The van der Waals surface area contributed by atoms with Crippen LogP contribution in [0.25, 0.3) is 0 Å². The average molecular weight is 746 g/mol. The highest BCUT2D eigenvalue weighted by Crippen LogP contribution is 2.65. The Morgan fingerprint density at radius 2 is 1.70 bits per heavy atom. The van der Waals surface area contributed by atoms with Gasteiger partial charge in [0, 0.05) is 31.7 Å². The van der Waals surface area contributed by atoms with E-state index in [2.05, 4.69) is 32.2 Å². The zero-order valence-electron chi connectivity index (χ0n) is 33.1. The Morgan fingerprint density at radius 1 is 0.981 bits per heavy atom. The number of Topliss-reactive ketones (excluding diaryl/α,β-unsaturated/α-hetero) is 1. The van der Waals surface area contributed by atoms with Gasteiger partial charge in [0.05, 0.1) is 24.3 Å². The minimum absolute atomic E-state index is 0.00508. The van der Waals surface area contributed by atoms with Crippen molar-refractivity contribution in [1.29, 1.82) is 0 Å². The van der Waals surface area contributed by atoms with Crippen molar-refractivity contribution in [2.45, 2.75) is 167 Å². The average Bonchev–Trinajstić information content (AvgIpc) is 3.83. The lowest BCUT2D eigenvalue weighted by Gasteiger charge is -2.63. The highest BCUT2D eigenvalue weighted by atomic mass is 16.7. The summed E-state index contributed by atoms with van der Waals surface area (Å²) in [7, 11) is -0.501. The van der Waals surface area contributed by atoms with Crippen LogP contribution in [-0.2, 0) is 41.5 Å². The van der Waals surface area contributed by atoms with Crippen LogP contribution in [-0.4, -0.2) is 82.8 Å². The van der Waals surface area contributed by atoms with Crippen LogP contribution in [0.1, 0.15) is 123 Å². The highest BCUT2D eigenvalue weighted by Gasteiger charge is 2.67. The second kappa shape index (κ2) is 15.3. The van der Waals surface area contributed by atoms with Crippen LogP contribution in [0, 0.1) is 17.3 Å². The maximum absolute atomic E-state index is 14.6. The largest absolute Gasteiger partial charge is 0.461 e. The van der Waals surface area contributed by atoms with Crippen LogP contribution in [0.5, 0.6) is 0 Å². The summed E-state index contributed by atoms with van der Waals surface area (Å²) >= 11 is 0.